The number of para-hydroxylation sites is 1. The lowest BCUT2D eigenvalue weighted by Gasteiger charge is -2.30. The lowest BCUT2D eigenvalue weighted by molar-refractivity contribution is -0.384. The van der Waals surface area contributed by atoms with E-state index in [2.05, 4.69) is 0 Å². The highest BCUT2D eigenvalue weighted by Gasteiger charge is 2.21. The zero-order valence-electron chi connectivity index (χ0n) is 12.1. The second-order valence-corrected chi connectivity index (χ2v) is 5.02. The molecule has 6 nitrogen and oxygen atoms in total. The number of anilines is 1. The van der Waals surface area contributed by atoms with E-state index in [1.807, 2.05) is 30.3 Å². The van der Waals surface area contributed by atoms with Crippen molar-refractivity contribution in [3.8, 4) is 0 Å². The van der Waals surface area contributed by atoms with Crippen molar-refractivity contribution in [1.82, 2.24) is 5.01 Å². The van der Waals surface area contributed by atoms with E-state index in [0.717, 1.165) is 5.69 Å². The van der Waals surface area contributed by atoms with E-state index in [-0.39, 0.29) is 16.3 Å². The molecule has 0 bridgehead atoms. The van der Waals surface area contributed by atoms with Crippen LogP contribution in [-0.2, 0) is 0 Å². The molecule has 114 valence electrons. The fourth-order valence-corrected chi connectivity index (χ4v) is 2.12. The standard InChI is InChI=1S/C15H14ClN3O3/c1-17(11-6-4-3-5-7-11)18(2)15(20)13-10-12(19(21)22)8-9-14(13)16/h3-10H,1-2H3. The quantitative estimate of drug-likeness (QED) is 0.640. The number of hydrogen-bond donors (Lipinski definition) is 0. The summed E-state index contributed by atoms with van der Waals surface area (Å²) in [4.78, 5) is 22.8. The van der Waals surface area contributed by atoms with Crippen LogP contribution in [0.3, 0.4) is 0 Å². The second kappa shape index (κ2) is 6.44. The van der Waals surface area contributed by atoms with Crippen molar-refractivity contribution in [2.45, 2.75) is 0 Å². The van der Waals surface area contributed by atoms with E-state index in [1.54, 1.807) is 19.1 Å². The topological polar surface area (TPSA) is 66.7 Å². The number of benzene rings is 2. The Labute approximate surface area is 132 Å². The Bertz CT molecular complexity index is 706. The number of carbonyl (C=O) groups excluding carboxylic acids is 1. The molecule has 1 amide bonds. The molecule has 0 heterocycles. The highest BCUT2D eigenvalue weighted by molar-refractivity contribution is 6.34. The third kappa shape index (κ3) is 3.17. The summed E-state index contributed by atoms with van der Waals surface area (Å²) in [7, 11) is 3.29. The Morgan fingerprint density at radius 2 is 1.77 bits per heavy atom. The van der Waals surface area contributed by atoms with Crippen molar-refractivity contribution in [2.75, 3.05) is 19.1 Å². The number of halogens is 1. The average Bonchev–Trinajstić information content (AvgIpc) is 2.53. The third-order valence-electron chi connectivity index (χ3n) is 3.26. The van der Waals surface area contributed by atoms with Crippen molar-refractivity contribution in [3.63, 3.8) is 0 Å². The predicted molar refractivity (Wildman–Crippen MR) is 85.0 cm³/mol. The van der Waals surface area contributed by atoms with Gasteiger partial charge < -0.3 is 0 Å². The molecule has 0 aliphatic rings. The second-order valence-electron chi connectivity index (χ2n) is 4.61. The predicted octanol–water partition coefficient (Wildman–Crippen LogP) is 3.37. The SMILES string of the molecule is CN(C(=O)c1cc([N+](=O)[O-])ccc1Cl)N(C)c1ccccc1. The lowest BCUT2D eigenvalue weighted by atomic mass is 10.2. The minimum atomic E-state index is -0.561. The Kier molecular flexibility index (Phi) is 4.62. The summed E-state index contributed by atoms with van der Waals surface area (Å²) >= 11 is 6.00. The van der Waals surface area contributed by atoms with E-state index in [9.17, 15) is 14.9 Å². The molecular formula is C15H14ClN3O3. The Balaban J connectivity index is 2.31. The molecule has 0 radical (unpaired) electrons. The first-order valence-electron chi connectivity index (χ1n) is 6.42. The Hall–Kier alpha value is -2.60. The van der Waals surface area contributed by atoms with E-state index in [0.29, 0.717) is 0 Å². The van der Waals surface area contributed by atoms with Crippen LogP contribution in [0.5, 0.6) is 0 Å². The molecule has 2 rings (SSSR count). The zero-order valence-corrected chi connectivity index (χ0v) is 12.8. The maximum absolute atomic E-state index is 12.5. The molecule has 7 heteroatoms. The molecule has 2 aromatic carbocycles. The van der Waals surface area contributed by atoms with Gasteiger partial charge in [0.25, 0.3) is 11.6 Å². The van der Waals surface area contributed by atoms with Crippen LogP contribution in [0.15, 0.2) is 48.5 Å². The van der Waals surface area contributed by atoms with Gasteiger partial charge in [-0.25, -0.2) is 0 Å². The summed E-state index contributed by atoms with van der Waals surface area (Å²) in [5.74, 6) is -0.431. The van der Waals surface area contributed by atoms with Gasteiger partial charge in [0.15, 0.2) is 0 Å². The fraction of sp³-hybridized carbons (Fsp3) is 0.133. The molecule has 0 saturated heterocycles. The van der Waals surface area contributed by atoms with Crippen LogP contribution < -0.4 is 5.01 Å². The normalized spacial score (nSPS) is 10.1. The molecule has 0 aromatic heterocycles. The maximum Gasteiger partial charge on any atom is 0.273 e. The molecular weight excluding hydrogens is 306 g/mol. The number of carbonyl (C=O) groups is 1. The number of non-ortho nitro benzene ring substituents is 1. The molecule has 0 fully saturated rings. The minimum Gasteiger partial charge on any atom is -0.286 e. The highest BCUT2D eigenvalue weighted by Crippen LogP contribution is 2.24. The molecule has 0 saturated carbocycles. The highest BCUT2D eigenvalue weighted by atomic mass is 35.5. The van der Waals surface area contributed by atoms with Crippen LogP contribution in [0.2, 0.25) is 5.02 Å². The van der Waals surface area contributed by atoms with Crippen molar-refractivity contribution in [2.24, 2.45) is 0 Å². The van der Waals surface area contributed by atoms with Crippen LogP contribution in [0, 0.1) is 10.1 Å². The number of nitro groups is 1. The van der Waals surface area contributed by atoms with Gasteiger partial charge in [-0.15, -0.1) is 0 Å². The molecule has 0 N–H and O–H groups in total. The van der Waals surface area contributed by atoms with Crippen molar-refractivity contribution >= 4 is 28.9 Å². The van der Waals surface area contributed by atoms with Gasteiger partial charge in [0, 0.05) is 26.2 Å². The molecule has 0 unspecified atom stereocenters. The molecule has 0 spiro atoms. The van der Waals surface area contributed by atoms with E-state index in [4.69, 9.17) is 11.6 Å². The van der Waals surface area contributed by atoms with Gasteiger partial charge in [-0.2, -0.15) is 0 Å². The van der Waals surface area contributed by atoms with Gasteiger partial charge in [-0.1, -0.05) is 29.8 Å². The summed E-state index contributed by atoms with van der Waals surface area (Å²) in [6, 6.07) is 13.1. The summed E-state index contributed by atoms with van der Waals surface area (Å²) < 4.78 is 0. The van der Waals surface area contributed by atoms with Crippen LogP contribution in [0.1, 0.15) is 10.4 Å². The van der Waals surface area contributed by atoms with Crippen LogP contribution >= 0.6 is 11.6 Å². The fourth-order valence-electron chi connectivity index (χ4n) is 1.92. The van der Waals surface area contributed by atoms with Gasteiger partial charge in [0.2, 0.25) is 0 Å². The summed E-state index contributed by atoms with van der Waals surface area (Å²) in [5.41, 5.74) is 0.713. The monoisotopic (exact) mass is 319 g/mol. The smallest absolute Gasteiger partial charge is 0.273 e. The zero-order chi connectivity index (χ0) is 16.3. The van der Waals surface area contributed by atoms with Crippen LogP contribution in [0.4, 0.5) is 11.4 Å². The molecule has 0 aliphatic heterocycles. The average molecular weight is 320 g/mol. The number of rotatable bonds is 4. The first-order chi connectivity index (χ1) is 10.4. The Morgan fingerprint density at radius 1 is 1.14 bits per heavy atom. The summed E-state index contributed by atoms with van der Waals surface area (Å²) in [5, 5.41) is 14.0. The van der Waals surface area contributed by atoms with E-state index < -0.39 is 10.8 Å². The van der Waals surface area contributed by atoms with Gasteiger partial charge in [-0.05, 0) is 18.2 Å². The molecule has 0 aliphatic carbocycles. The van der Waals surface area contributed by atoms with Gasteiger partial charge in [-0.3, -0.25) is 24.9 Å². The summed E-state index contributed by atoms with van der Waals surface area (Å²) in [6.07, 6.45) is 0. The van der Waals surface area contributed by atoms with Crippen molar-refractivity contribution in [1.29, 1.82) is 0 Å². The van der Waals surface area contributed by atoms with Gasteiger partial charge in [0.1, 0.15) is 0 Å². The van der Waals surface area contributed by atoms with Gasteiger partial charge in [0.05, 0.1) is 21.2 Å². The first kappa shape index (κ1) is 15.8. The van der Waals surface area contributed by atoms with Crippen LogP contribution in [-0.4, -0.2) is 29.9 Å². The van der Waals surface area contributed by atoms with Crippen LogP contribution in [0.25, 0.3) is 0 Å². The van der Waals surface area contributed by atoms with Gasteiger partial charge >= 0.3 is 0 Å². The third-order valence-corrected chi connectivity index (χ3v) is 3.59. The lowest BCUT2D eigenvalue weighted by Crippen LogP contribution is -2.41. The van der Waals surface area contributed by atoms with E-state index in [1.165, 1.54) is 23.2 Å². The number of hydrogen-bond acceptors (Lipinski definition) is 4. The Morgan fingerprint density at radius 3 is 2.36 bits per heavy atom. The summed E-state index contributed by atoms with van der Waals surface area (Å²) in [6.45, 7) is 0. The number of nitrogens with zero attached hydrogens (tertiary/aromatic N) is 3. The largest absolute Gasteiger partial charge is 0.286 e. The van der Waals surface area contributed by atoms with E-state index >= 15 is 0 Å². The molecule has 0 atom stereocenters. The minimum absolute atomic E-state index is 0.0844. The molecule has 22 heavy (non-hydrogen) atoms. The number of amides is 1. The number of hydrazine groups is 1. The molecule has 2 aromatic rings. The first-order valence-corrected chi connectivity index (χ1v) is 6.80. The maximum atomic E-state index is 12.5. The van der Waals surface area contributed by atoms with Crippen molar-refractivity contribution in [3.05, 3.63) is 69.2 Å². The number of nitro benzene ring substituents is 1. The van der Waals surface area contributed by atoms with Crippen molar-refractivity contribution < 1.29 is 9.72 Å².